The molecule has 0 spiro atoms. The fraction of sp³-hybridized carbons (Fsp3) is 0.875. The van der Waals surface area contributed by atoms with Crippen molar-refractivity contribution >= 4 is 5.97 Å². The van der Waals surface area contributed by atoms with E-state index in [0.717, 1.165) is 6.42 Å². The van der Waals surface area contributed by atoms with Crippen LogP contribution in [0.5, 0.6) is 0 Å². The molecule has 0 radical (unpaired) electrons. The molecule has 1 aliphatic heterocycles. The summed E-state index contributed by atoms with van der Waals surface area (Å²) in [6.45, 7) is 5.85. The Kier molecular flexibility index (Phi) is 1.92. The molecule has 1 fully saturated rings. The number of carbonyl (C=O) groups is 1. The molecule has 3 heteroatoms. The molecule has 1 aliphatic rings. The van der Waals surface area contributed by atoms with Crippen LogP contribution < -0.4 is 5.32 Å². The molecule has 1 saturated heterocycles. The SMILES string of the molecule is CC1CC(C)(C(=O)O)NC1C. The topological polar surface area (TPSA) is 49.3 Å². The summed E-state index contributed by atoms with van der Waals surface area (Å²) >= 11 is 0. The summed E-state index contributed by atoms with van der Waals surface area (Å²) in [7, 11) is 0. The van der Waals surface area contributed by atoms with Gasteiger partial charge in [0.05, 0.1) is 0 Å². The standard InChI is InChI=1S/C8H15NO2/c1-5-4-8(3,7(10)11)9-6(5)2/h5-6,9H,4H2,1-3H3,(H,10,11). The number of rotatable bonds is 1. The molecule has 0 aliphatic carbocycles. The molecule has 3 atom stereocenters. The van der Waals surface area contributed by atoms with Crippen LogP contribution in [-0.2, 0) is 4.79 Å². The summed E-state index contributed by atoms with van der Waals surface area (Å²) in [5, 5.41) is 11.9. The fourth-order valence-corrected chi connectivity index (χ4v) is 1.67. The van der Waals surface area contributed by atoms with Crippen molar-refractivity contribution in [1.29, 1.82) is 0 Å². The smallest absolute Gasteiger partial charge is 0.323 e. The van der Waals surface area contributed by atoms with Crippen LogP contribution in [0.25, 0.3) is 0 Å². The van der Waals surface area contributed by atoms with E-state index in [9.17, 15) is 4.79 Å². The third-order valence-electron chi connectivity index (χ3n) is 2.60. The quantitative estimate of drug-likeness (QED) is 0.593. The van der Waals surface area contributed by atoms with Gasteiger partial charge < -0.3 is 5.11 Å². The predicted molar refractivity (Wildman–Crippen MR) is 42.4 cm³/mol. The molecule has 64 valence electrons. The Morgan fingerprint density at radius 1 is 1.64 bits per heavy atom. The van der Waals surface area contributed by atoms with E-state index in [-0.39, 0.29) is 0 Å². The lowest BCUT2D eigenvalue weighted by Crippen LogP contribution is -2.46. The molecule has 1 rings (SSSR count). The lowest BCUT2D eigenvalue weighted by molar-refractivity contribution is -0.143. The summed E-state index contributed by atoms with van der Waals surface area (Å²) in [4.78, 5) is 10.8. The Morgan fingerprint density at radius 3 is 2.36 bits per heavy atom. The Bertz CT molecular complexity index is 169. The minimum Gasteiger partial charge on any atom is -0.480 e. The van der Waals surface area contributed by atoms with Gasteiger partial charge in [0.15, 0.2) is 0 Å². The zero-order valence-electron chi connectivity index (χ0n) is 7.22. The maximum Gasteiger partial charge on any atom is 0.323 e. The second-order valence-corrected chi connectivity index (χ2v) is 3.75. The number of hydrogen-bond acceptors (Lipinski definition) is 2. The first-order valence-corrected chi connectivity index (χ1v) is 3.97. The van der Waals surface area contributed by atoms with Crippen LogP contribution in [0.4, 0.5) is 0 Å². The summed E-state index contributed by atoms with van der Waals surface area (Å²) in [5.74, 6) is -0.287. The van der Waals surface area contributed by atoms with Crippen LogP contribution in [0.2, 0.25) is 0 Å². The highest BCUT2D eigenvalue weighted by atomic mass is 16.4. The molecule has 0 amide bonds. The minimum atomic E-state index is -0.742. The van der Waals surface area contributed by atoms with E-state index in [1.54, 1.807) is 6.92 Å². The van der Waals surface area contributed by atoms with Gasteiger partial charge >= 0.3 is 5.97 Å². The van der Waals surface area contributed by atoms with Crippen LogP contribution in [0.1, 0.15) is 27.2 Å². The normalized spacial score (nSPS) is 44.3. The Morgan fingerprint density at radius 2 is 2.18 bits per heavy atom. The van der Waals surface area contributed by atoms with Gasteiger partial charge in [-0.05, 0) is 26.2 Å². The van der Waals surface area contributed by atoms with Gasteiger partial charge in [0.2, 0.25) is 0 Å². The van der Waals surface area contributed by atoms with E-state index in [0.29, 0.717) is 12.0 Å². The van der Waals surface area contributed by atoms with E-state index in [4.69, 9.17) is 5.11 Å². The molecule has 11 heavy (non-hydrogen) atoms. The van der Waals surface area contributed by atoms with E-state index in [1.165, 1.54) is 0 Å². The van der Waals surface area contributed by atoms with Crippen LogP contribution in [0.3, 0.4) is 0 Å². The first-order valence-electron chi connectivity index (χ1n) is 3.97. The summed E-state index contributed by atoms with van der Waals surface area (Å²) in [5.41, 5.74) is -0.696. The van der Waals surface area contributed by atoms with Gasteiger partial charge in [0.25, 0.3) is 0 Å². The van der Waals surface area contributed by atoms with Crippen LogP contribution in [0.15, 0.2) is 0 Å². The molecular weight excluding hydrogens is 142 g/mol. The Labute approximate surface area is 66.8 Å². The summed E-state index contributed by atoms with van der Waals surface area (Å²) in [6, 6.07) is 0.316. The Hall–Kier alpha value is -0.570. The number of aliphatic carboxylic acids is 1. The highest BCUT2D eigenvalue weighted by Gasteiger charge is 2.42. The molecule has 0 aromatic carbocycles. The van der Waals surface area contributed by atoms with Crippen molar-refractivity contribution in [3.8, 4) is 0 Å². The van der Waals surface area contributed by atoms with Crippen molar-refractivity contribution in [3.05, 3.63) is 0 Å². The number of hydrogen-bond donors (Lipinski definition) is 2. The van der Waals surface area contributed by atoms with Crippen molar-refractivity contribution in [1.82, 2.24) is 5.32 Å². The van der Waals surface area contributed by atoms with Crippen molar-refractivity contribution in [2.75, 3.05) is 0 Å². The molecular formula is C8H15NO2. The van der Waals surface area contributed by atoms with Gasteiger partial charge in [-0.1, -0.05) is 6.92 Å². The third kappa shape index (κ3) is 1.38. The Balaban J connectivity index is 2.71. The molecule has 3 unspecified atom stereocenters. The second-order valence-electron chi connectivity index (χ2n) is 3.75. The molecule has 1 heterocycles. The third-order valence-corrected chi connectivity index (χ3v) is 2.60. The summed E-state index contributed by atoms with van der Waals surface area (Å²) < 4.78 is 0. The fourth-order valence-electron chi connectivity index (χ4n) is 1.67. The second kappa shape index (κ2) is 2.48. The van der Waals surface area contributed by atoms with E-state index in [1.807, 2.05) is 6.92 Å². The lowest BCUT2D eigenvalue weighted by Gasteiger charge is -2.18. The van der Waals surface area contributed by atoms with E-state index >= 15 is 0 Å². The monoisotopic (exact) mass is 157 g/mol. The highest BCUT2D eigenvalue weighted by Crippen LogP contribution is 2.28. The molecule has 2 N–H and O–H groups in total. The van der Waals surface area contributed by atoms with Crippen molar-refractivity contribution in [2.45, 2.75) is 38.8 Å². The van der Waals surface area contributed by atoms with Gasteiger partial charge in [0, 0.05) is 6.04 Å². The van der Waals surface area contributed by atoms with Gasteiger partial charge in [-0.2, -0.15) is 0 Å². The maximum absolute atomic E-state index is 10.8. The minimum absolute atomic E-state index is 0.316. The molecule has 0 saturated carbocycles. The highest BCUT2D eigenvalue weighted by molar-refractivity contribution is 5.78. The van der Waals surface area contributed by atoms with Crippen molar-refractivity contribution in [3.63, 3.8) is 0 Å². The van der Waals surface area contributed by atoms with Gasteiger partial charge in [0.1, 0.15) is 5.54 Å². The first kappa shape index (κ1) is 8.53. The van der Waals surface area contributed by atoms with Gasteiger partial charge in [-0.15, -0.1) is 0 Å². The van der Waals surface area contributed by atoms with Crippen LogP contribution in [-0.4, -0.2) is 22.7 Å². The molecule has 3 nitrogen and oxygen atoms in total. The van der Waals surface area contributed by atoms with E-state index < -0.39 is 11.5 Å². The lowest BCUT2D eigenvalue weighted by atomic mass is 9.95. The molecule has 0 aromatic rings. The van der Waals surface area contributed by atoms with Crippen molar-refractivity contribution < 1.29 is 9.90 Å². The van der Waals surface area contributed by atoms with Crippen LogP contribution >= 0.6 is 0 Å². The van der Waals surface area contributed by atoms with Gasteiger partial charge in [-0.25, -0.2) is 0 Å². The molecule has 0 bridgehead atoms. The van der Waals surface area contributed by atoms with Gasteiger partial charge in [-0.3, -0.25) is 10.1 Å². The van der Waals surface area contributed by atoms with Crippen molar-refractivity contribution in [2.24, 2.45) is 5.92 Å². The molecule has 0 aromatic heterocycles. The zero-order valence-corrected chi connectivity index (χ0v) is 7.22. The number of nitrogens with one attached hydrogen (secondary N) is 1. The first-order chi connectivity index (χ1) is 4.96. The maximum atomic E-state index is 10.8. The predicted octanol–water partition coefficient (Wildman–Crippen LogP) is 0.848. The zero-order chi connectivity index (χ0) is 8.65. The average molecular weight is 157 g/mol. The number of carboxylic acid groups (broad SMARTS) is 1. The average Bonchev–Trinajstić information content (AvgIpc) is 2.09. The van der Waals surface area contributed by atoms with Crippen LogP contribution in [0, 0.1) is 5.92 Å². The summed E-state index contributed by atoms with van der Waals surface area (Å²) in [6.07, 6.45) is 0.726. The number of carboxylic acids is 1. The van der Waals surface area contributed by atoms with E-state index in [2.05, 4.69) is 12.2 Å². The largest absolute Gasteiger partial charge is 0.480 e.